The van der Waals surface area contributed by atoms with E-state index in [0.29, 0.717) is 27.9 Å². The molecule has 0 saturated carbocycles. The van der Waals surface area contributed by atoms with Gasteiger partial charge in [0.1, 0.15) is 0 Å². The van der Waals surface area contributed by atoms with Gasteiger partial charge in [0.05, 0.1) is 21.7 Å². The predicted molar refractivity (Wildman–Crippen MR) is 109 cm³/mol. The maximum atomic E-state index is 12.7. The normalized spacial score (nSPS) is 12.8. The Hall–Kier alpha value is -4.66. The maximum Gasteiger partial charge on any atom is 0.269 e. The highest BCUT2D eigenvalue weighted by atomic mass is 16.6. The van der Waals surface area contributed by atoms with E-state index in [1.165, 1.54) is 24.3 Å². The zero-order chi connectivity index (χ0) is 21.5. The Morgan fingerprint density at radius 1 is 0.839 bits per heavy atom. The van der Waals surface area contributed by atoms with Gasteiger partial charge in [-0.3, -0.25) is 19.7 Å². The van der Waals surface area contributed by atoms with Crippen molar-refractivity contribution in [3.63, 3.8) is 0 Å². The summed E-state index contributed by atoms with van der Waals surface area (Å²) in [5.74, 6) is -0.340. The second-order valence-electron chi connectivity index (χ2n) is 6.77. The molecule has 31 heavy (non-hydrogen) atoms. The van der Waals surface area contributed by atoms with Crippen LogP contribution in [0.4, 0.5) is 11.4 Å². The molecule has 0 spiro atoms. The van der Waals surface area contributed by atoms with E-state index in [-0.39, 0.29) is 17.4 Å². The van der Waals surface area contributed by atoms with E-state index in [4.69, 9.17) is 4.52 Å². The van der Waals surface area contributed by atoms with E-state index in [2.05, 4.69) is 10.1 Å². The Kier molecular flexibility index (Phi) is 4.14. The number of anilines is 1. The highest BCUT2D eigenvalue weighted by Crippen LogP contribution is 2.31. The topological polar surface area (TPSA) is 119 Å². The number of benzene rings is 3. The molecule has 3 aromatic carbocycles. The minimum Gasteiger partial charge on any atom is -0.334 e. The monoisotopic (exact) mass is 412 g/mol. The highest BCUT2D eigenvalue weighted by molar-refractivity contribution is 6.34. The van der Waals surface area contributed by atoms with Gasteiger partial charge in [-0.2, -0.15) is 4.98 Å². The second kappa shape index (κ2) is 6.99. The lowest BCUT2D eigenvalue weighted by molar-refractivity contribution is -0.384. The first-order chi connectivity index (χ1) is 15.0. The summed E-state index contributed by atoms with van der Waals surface area (Å²) in [5, 5.41) is 14.7. The van der Waals surface area contributed by atoms with Gasteiger partial charge in [-0.1, -0.05) is 23.4 Å². The average Bonchev–Trinajstić information content (AvgIpc) is 3.38. The Labute approximate surface area is 174 Å². The SMILES string of the molecule is O=C1c2ccccc2C(=O)N1c1cccc(-c2nc(-c3ccc([N+](=O)[O-])cc3)no2)c1. The molecule has 2 heterocycles. The largest absolute Gasteiger partial charge is 0.334 e. The molecule has 0 unspecified atom stereocenters. The van der Waals surface area contributed by atoms with Crippen LogP contribution in [-0.2, 0) is 0 Å². The van der Waals surface area contributed by atoms with E-state index in [1.54, 1.807) is 48.5 Å². The zero-order valence-electron chi connectivity index (χ0n) is 15.8. The molecule has 2 amide bonds. The van der Waals surface area contributed by atoms with Crippen molar-refractivity contribution in [2.75, 3.05) is 4.90 Å². The van der Waals surface area contributed by atoms with Gasteiger partial charge in [0.25, 0.3) is 23.4 Å². The van der Waals surface area contributed by atoms with Crippen molar-refractivity contribution in [2.24, 2.45) is 0 Å². The molecule has 9 nitrogen and oxygen atoms in total. The molecule has 1 aliphatic heterocycles. The van der Waals surface area contributed by atoms with Gasteiger partial charge in [0, 0.05) is 23.3 Å². The number of nitro groups is 1. The number of fused-ring (bicyclic) bond motifs is 1. The fraction of sp³-hybridized carbons (Fsp3) is 0. The Bertz CT molecular complexity index is 1330. The third-order valence-corrected chi connectivity index (χ3v) is 4.91. The quantitative estimate of drug-likeness (QED) is 0.281. The van der Waals surface area contributed by atoms with Gasteiger partial charge >= 0.3 is 0 Å². The predicted octanol–water partition coefficient (Wildman–Crippen LogP) is 4.11. The molecule has 0 atom stereocenters. The Balaban J connectivity index is 1.46. The lowest BCUT2D eigenvalue weighted by Crippen LogP contribution is -2.29. The molecule has 0 aliphatic carbocycles. The van der Waals surface area contributed by atoms with Crippen LogP contribution in [-0.4, -0.2) is 26.9 Å². The summed E-state index contributed by atoms with van der Waals surface area (Å²) in [5.41, 5.74) is 2.14. The van der Waals surface area contributed by atoms with Crippen molar-refractivity contribution >= 4 is 23.2 Å². The molecule has 0 radical (unpaired) electrons. The smallest absolute Gasteiger partial charge is 0.269 e. The van der Waals surface area contributed by atoms with Crippen LogP contribution in [0.3, 0.4) is 0 Å². The summed E-state index contributed by atoms with van der Waals surface area (Å²) in [6, 6.07) is 19.1. The molecular formula is C22H12N4O5. The summed E-state index contributed by atoms with van der Waals surface area (Å²) in [6.45, 7) is 0. The minimum atomic E-state index is -0.490. The number of aromatic nitrogens is 2. The third-order valence-electron chi connectivity index (χ3n) is 4.91. The molecule has 0 saturated heterocycles. The number of nitro benzene ring substituents is 1. The minimum absolute atomic E-state index is 0.0406. The summed E-state index contributed by atoms with van der Waals surface area (Å²) in [6.07, 6.45) is 0. The fourth-order valence-electron chi connectivity index (χ4n) is 3.39. The van der Waals surface area contributed by atoms with Gasteiger partial charge < -0.3 is 4.52 Å². The number of rotatable bonds is 4. The van der Waals surface area contributed by atoms with Crippen LogP contribution in [0.1, 0.15) is 20.7 Å². The number of imide groups is 1. The van der Waals surface area contributed by atoms with Gasteiger partial charge in [-0.25, -0.2) is 4.90 Å². The van der Waals surface area contributed by atoms with Crippen LogP contribution in [0, 0.1) is 10.1 Å². The lowest BCUT2D eigenvalue weighted by Gasteiger charge is -2.14. The number of carbonyl (C=O) groups is 2. The second-order valence-corrected chi connectivity index (χ2v) is 6.77. The first-order valence-corrected chi connectivity index (χ1v) is 9.20. The number of hydrogen-bond donors (Lipinski definition) is 0. The molecular weight excluding hydrogens is 400 g/mol. The first kappa shape index (κ1) is 18.4. The van der Waals surface area contributed by atoms with Crippen molar-refractivity contribution in [3.8, 4) is 22.8 Å². The fourth-order valence-corrected chi connectivity index (χ4v) is 3.39. The summed E-state index contributed by atoms with van der Waals surface area (Å²) in [4.78, 5) is 41.2. The Morgan fingerprint density at radius 2 is 1.52 bits per heavy atom. The number of amides is 2. The molecule has 150 valence electrons. The molecule has 4 aromatic rings. The van der Waals surface area contributed by atoms with Crippen LogP contribution in [0.2, 0.25) is 0 Å². The van der Waals surface area contributed by atoms with Gasteiger partial charge in [-0.15, -0.1) is 0 Å². The maximum absolute atomic E-state index is 12.7. The van der Waals surface area contributed by atoms with Crippen LogP contribution < -0.4 is 4.90 Å². The number of carbonyl (C=O) groups excluding carboxylic acids is 2. The molecule has 5 rings (SSSR count). The van der Waals surface area contributed by atoms with Gasteiger partial charge in [-0.05, 0) is 42.5 Å². The van der Waals surface area contributed by atoms with E-state index in [1.807, 2.05) is 0 Å². The third kappa shape index (κ3) is 3.04. The van der Waals surface area contributed by atoms with E-state index >= 15 is 0 Å². The molecule has 0 bridgehead atoms. The van der Waals surface area contributed by atoms with E-state index < -0.39 is 16.7 Å². The van der Waals surface area contributed by atoms with Crippen molar-refractivity contribution in [1.29, 1.82) is 0 Å². The molecule has 9 heteroatoms. The van der Waals surface area contributed by atoms with Crippen molar-refractivity contribution in [2.45, 2.75) is 0 Å². The number of non-ortho nitro benzene ring substituents is 1. The molecule has 0 fully saturated rings. The molecule has 0 N–H and O–H groups in total. The lowest BCUT2D eigenvalue weighted by atomic mass is 10.1. The van der Waals surface area contributed by atoms with Crippen LogP contribution in [0.25, 0.3) is 22.8 Å². The van der Waals surface area contributed by atoms with Crippen LogP contribution in [0.5, 0.6) is 0 Å². The molecule has 1 aromatic heterocycles. The number of hydrogen-bond acceptors (Lipinski definition) is 7. The van der Waals surface area contributed by atoms with Crippen molar-refractivity contribution in [1.82, 2.24) is 10.1 Å². The van der Waals surface area contributed by atoms with Crippen LogP contribution >= 0.6 is 0 Å². The van der Waals surface area contributed by atoms with Gasteiger partial charge in [0.2, 0.25) is 5.82 Å². The summed E-state index contributed by atoms with van der Waals surface area (Å²) in [7, 11) is 0. The average molecular weight is 412 g/mol. The highest BCUT2D eigenvalue weighted by Gasteiger charge is 2.36. The van der Waals surface area contributed by atoms with Gasteiger partial charge in [0.15, 0.2) is 0 Å². The van der Waals surface area contributed by atoms with Crippen molar-refractivity contribution < 1.29 is 19.0 Å². The summed E-state index contributed by atoms with van der Waals surface area (Å²) >= 11 is 0. The number of nitrogens with zero attached hydrogens (tertiary/aromatic N) is 4. The standard InChI is InChI=1S/C22H12N4O5/c27-21-17-6-1-2-7-18(17)22(28)25(21)16-5-3-4-14(12-16)20-23-19(24-31-20)13-8-10-15(11-9-13)26(29)30/h1-12H. The first-order valence-electron chi connectivity index (χ1n) is 9.20. The summed E-state index contributed by atoms with van der Waals surface area (Å²) < 4.78 is 5.33. The zero-order valence-corrected chi connectivity index (χ0v) is 15.8. The van der Waals surface area contributed by atoms with E-state index in [9.17, 15) is 19.7 Å². The Morgan fingerprint density at radius 3 is 2.16 bits per heavy atom. The van der Waals surface area contributed by atoms with Crippen molar-refractivity contribution in [3.05, 3.63) is 94.0 Å². The molecule has 1 aliphatic rings. The van der Waals surface area contributed by atoms with E-state index in [0.717, 1.165) is 4.90 Å². The van der Waals surface area contributed by atoms with Crippen LogP contribution in [0.15, 0.2) is 77.3 Å².